The van der Waals surface area contributed by atoms with E-state index in [1.165, 1.54) is 37.7 Å². The van der Waals surface area contributed by atoms with E-state index >= 15 is 0 Å². The molecule has 37 heavy (non-hydrogen) atoms. The first-order chi connectivity index (χ1) is 17.7. The molecule has 0 saturated carbocycles. The zero-order valence-corrected chi connectivity index (χ0v) is 21.1. The first kappa shape index (κ1) is 25.9. The smallest absolute Gasteiger partial charge is 0.256 e. The lowest BCUT2D eigenvalue weighted by atomic mass is 9.93. The number of benzene rings is 1. The van der Waals surface area contributed by atoms with Crippen LogP contribution in [0.2, 0.25) is 0 Å². The van der Waals surface area contributed by atoms with E-state index in [9.17, 15) is 9.18 Å². The highest BCUT2D eigenvalue weighted by Crippen LogP contribution is 2.26. The van der Waals surface area contributed by atoms with Crippen LogP contribution in [0.3, 0.4) is 0 Å². The Morgan fingerprint density at radius 1 is 1.22 bits per heavy atom. The Morgan fingerprint density at radius 3 is 2.68 bits per heavy atom. The number of amidine groups is 1. The highest BCUT2D eigenvalue weighted by molar-refractivity contribution is 6.09. The molecule has 0 spiro atoms. The van der Waals surface area contributed by atoms with Crippen LogP contribution in [-0.2, 0) is 9.47 Å². The first-order valence-corrected chi connectivity index (χ1v) is 11.7. The van der Waals surface area contributed by atoms with E-state index in [2.05, 4.69) is 30.6 Å². The van der Waals surface area contributed by atoms with Crippen LogP contribution in [0.15, 0.2) is 42.6 Å². The number of morpholine rings is 1. The molecular weight excluding hydrogens is 479 g/mol. The molecule has 0 aliphatic carbocycles. The molecule has 1 amide bonds. The summed E-state index contributed by atoms with van der Waals surface area (Å²) < 4.78 is 25.5. The Hall–Kier alpha value is -4.19. The number of hydrogen-bond donors (Lipinski definition) is 3. The van der Waals surface area contributed by atoms with Gasteiger partial charge in [-0.25, -0.2) is 24.3 Å². The molecule has 0 radical (unpaired) electrons. The Morgan fingerprint density at radius 2 is 1.97 bits per heavy atom. The summed E-state index contributed by atoms with van der Waals surface area (Å²) in [7, 11) is 1.51. The van der Waals surface area contributed by atoms with Crippen LogP contribution in [0.5, 0.6) is 0 Å². The lowest BCUT2D eigenvalue weighted by Crippen LogP contribution is -2.37. The third-order valence-electron chi connectivity index (χ3n) is 5.62. The van der Waals surface area contributed by atoms with Crippen LogP contribution in [0.4, 0.5) is 21.8 Å². The first-order valence-electron chi connectivity index (χ1n) is 11.7. The summed E-state index contributed by atoms with van der Waals surface area (Å²) in [6, 6.07) is 3.86. The van der Waals surface area contributed by atoms with Crippen molar-refractivity contribution in [2.75, 3.05) is 43.6 Å². The van der Waals surface area contributed by atoms with E-state index in [1.54, 1.807) is 6.20 Å². The Labute approximate surface area is 213 Å². The van der Waals surface area contributed by atoms with Crippen molar-refractivity contribution in [3.05, 3.63) is 53.9 Å². The number of allylic oxidation sites excluding steroid dienone is 1. The van der Waals surface area contributed by atoms with Gasteiger partial charge in [-0.15, -0.1) is 0 Å². The van der Waals surface area contributed by atoms with Crippen molar-refractivity contribution < 1.29 is 18.7 Å². The Kier molecular flexibility index (Phi) is 7.58. The van der Waals surface area contributed by atoms with Gasteiger partial charge < -0.3 is 25.0 Å². The number of hydrogen-bond acceptors (Lipinski definition) is 10. The van der Waals surface area contributed by atoms with Gasteiger partial charge in [0.15, 0.2) is 5.82 Å². The number of methoxy groups -OCH3 is 1. The number of rotatable bonds is 6. The molecule has 0 bridgehead atoms. The number of anilines is 3. The van der Waals surface area contributed by atoms with E-state index in [0.29, 0.717) is 49.0 Å². The van der Waals surface area contributed by atoms with Gasteiger partial charge in [-0.2, -0.15) is 0 Å². The normalized spacial score (nSPS) is 14.4. The standard InChI is InChI=1S/C25H29FN8O3/c1-25(2,3)19(36-4)12-20(27)32-23(35)15-5-6-16(26)17(11-15)31-22-21-18(29-14-30-22)13-28-24(33-21)34-7-9-37-10-8-34/h5-6,11-14H,7-10H2,1-4H3,(H2,27,32,35)(H,29,30,31)/b19-12-. The SMILES string of the molecule is CO/C(=C\C(=N)NC(=O)c1ccc(F)c(Nc2ncnc3cnc(N4CCOCC4)nc23)c1)C(C)(C)C. The maximum atomic E-state index is 14.7. The van der Waals surface area contributed by atoms with Gasteiger partial charge in [0.25, 0.3) is 5.91 Å². The van der Waals surface area contributed by atoms with Gasteiger partial charge in [-0.05, 0) is 18.2 Å². The maximum absolute atomic E-state index is 14.7. The number of carbonyl (C=O) groups excluding carboxylic acids is 1. The van der Waals surface area contributed by atoms with Gasteiger partial charge in [-0.1, -0.05) is 20.8 Å². The maximum Gasteiger partial charge on any atom is 0.256 e. The van der Waals surface area contributed by atoms with Gasteiger partial charge in [0.2, 0.25) is 5.95 Å². The average molecular weight is 509 g/mol. The molecule has 3 N–H and O–H groups in total. The molecule has 4 rings (SSSR count). The third-order valence-corrected chi connectivity index (χ3v) is 5.62. The van der Waals surface area contributed by atoms with Crippen molar-refractivity contribution in [1.29, 1.82) is 5.41 Å². The zero-order valence-electron chi connectivity index (χ0n) is 21.1. The molecule has 3 aromatic rings. The van der Waals surface area contributed by atoms with Crippen molar-refractivity contribution in [3.8, 4) is 0 Å². The van der Waals surface area contributed by atoms with Crippen molar-refractivity contribution in [2.24, 2.45) is 5.41 Å². The molecule has 2 aromatic heterocycles. The molecule has 0 atom stereocenters. The van der Waals surface area contributed by atoms with Crippen molar-refractivity contribution >= 4 is 40.2 Å². The summed E-state index contributed by atoms with van der Waals surface area (Å²) in [5.41, 5.74) is 0.725. The number of nitrogens with one attached hydrogen (secondary N) is 3. The zero-order chi connectivity index (χ0) is 26.6. The minimum absolute atomic E-state index is 0.0218. The van der Waals surface area contributed by atoms with Crippen LogP contribution < -0.4 is 15.5 Å². The average Bonchev–Trinajstić information content (AvgIpc) is 2.88. The van der Waals surface area contributed by atoms with E-state index in [4.69, 9.17) is 14.9 Å². The molecule has 3 heterocycles. The lowest BCUT2D eigenvalue weighted by Gasteiger charge is -2.26. The van der Waals surface area contributed by atoms with Crippen LogP contribution >= 0.6 is 0 Å². The minimum atomic E-state index is -0.588. The summed E-state index contributed by atoms with van der Waals surface area (Å²) >= 11 is 0. The quantitative estimate of drug-likeness (QED) is 0.260. The van der Waals surface area contributed by atoms with Crippen molar-refractivity contribution in [3.63, 3.8) is 0 Å². The predicted molar refractivity (Wildman–Crippen MR) is 138 cm³/mol. The largest absolute Gasteiger partial charge is 0.500 e. The number of carbonyl (C=O) groups is 1. The Bertz CT molecular complexity index is 1350. The number of halogens is 1. The molecule has 12 heteroatoms. The third kappa shape index (κ3) is 6.15. The summed E-state index contributed by atoms with van der Waals surface area (Å²) in [6.45, 7) is 8.25. The second-order valence-electron chi connectivity index (χ2n) is 9.38. The van der Waals surface area contributed by atoms with E-state index in [1.807, 2.05) is 25.7 Å². The topological polar surface area (TPSA) is 138 Å². The number of ether oxygens (including phenoxy) is 2. The lowest BCUT2D eigenvalue weighted by molar-refractivity contribution is 0.0977. The fourth-order valence-corrected chi connectivity index (χ4v) is 3.69. The van der Waals surface area contributed by atoms with Gasteiger partial charge in [0, 0.05) is 30.1 Å². The fourth-order valence-electron chi connectivity index (χ4n) is 3.69. The van der Waals surface area contributed by atoms with Crippen molar-refractivity contribution in [1.82, 2.24) is 25.3 Å². The molecule has 1 aromatic carbocycles. The van der Waals surface area contributed by atoms with Gasteiger partial charge >= 0.3 is 0 Å². The molecule has 1 fully saturated rings. The van der Waals surface area contributed by atoms with Crippen LogP contribution in [0, 0.1) is 16.6 Å². The van der Waals surface area contributed by atoms with Crippen LogP contribution in [0.25, 0.3) is 11.0 Å². The minimum Gasteiger partial charge on any atom is -0.500 e. The molecular formula is C25H29FN8O3. The number of fused-ring (bicyclic) bond motifs is 1. The van der Waals surface area contributed by atoms with Gasteiger partial charge in [-0.3, -0.25) is 10.2 Å². The van der Waals surface area contributed by atoms with E-state index < -0.39 is 11.7 Å². The molecule has 1 saturated heterocycles. The second-order valence-corrected chi connectivity index (χ2v) is 9.38. The number of amides is 1. The summed E-state index contributed by atoms with van der Waals surface area (Å²) in [6.07, 6.45) is 4.36. The van der Waals surface area contributed by atoms with E-state index in [-0.39, 0.29) is 28.3 Å². The number of aromatic nitrogens is 4. The fraction of sp³-hybridized carbons (Fsp3) is 0.360. The molecule has 0 unspecified atom stereocenters. The highest BCUT2D eigenvalue weighted by atomic mass is 19.1. The summed E-state index contributed by atoms with van der Waals surface area (Å²) in [5.74, 6) is -0.00479. The van der Waals surface area contributed by atoms with Gasteiger partial charge in [0.05, 0.1) is 32.2 Å². The van der Waals surface area contributed by atoms with Crippen LogP contribution in [0.1, 0.15) is 31.1 Å². The Balaban J connectivity index is 1.57. The second kappa shape index (κ2) is 10.8. The molecule has 1 aliphatic rings. The van der Waals surface area contributed by atoms with Crippen molar-refractivity contribution in [2.45, 2.75) is 20.8 Å². The number of nitrogens with zero attached hydrogens (tertiary/aromatic N) is 5. The molecule has 11 nitrogen and oxygen atoms in total. The molecule has 194 valence electrons. The molecule has 1 aliphatic heterocycles. The highest BCUT2D eigenvalue weighted by Gasteiger charge is 2.20. The summed E-state index contributed by atoms with van der Waals surface area (Å²) in [5, 5.41) is 13.6. The van der Waals surface area contributed by atoms with Crippen LogP contribution in [-0.4, -0.2) is 65.1 Å². The summed E-state index contributed by atoms with van der Waals surface area (Å²) in [4.78, 5) is 32.2. The predicted octanol–water partition coefficient (Wildman–Crippen LogP) is 3.42. The van der Waals surface area contributed by atoms with E-state index in [0.717, 1.165) is 0 Å². The monoisotopic (exact) mass is 508 g/mol. The van der Waals surface area contributed by atoms with Gasteiger partial charge in [0.1, 0.15) is 34.8 Å².